The number of benzene rings is 1. The molecule has 112 valence electrons. The van der Waals surface area contributed by atoms with E-state index in [2.05, 4.69) is 37.4 Å². The van der Waals surface area contributed by atoms with Crippen molar-refractivity contribution in [1.82, 2.24) is 5.32 Å². The molecule has 0 aliphatic heterocycles. The van der Waals surface area contributed by atoms with Gasteiger partial charge in [0.15, 0.2) is 0 Å². The number of hydrogen-bond donors (Lipinski definition) is 1. The van der Waals surface area contributed by atoms with Crippen LogP contribution in [0.1, 0.15) is 50.3 Å². The van der Waals surface area contributed by atoms with Crippen LogP contribution >= 0.6 is 0 Å². The van der Waals surface area contributed by atoms with Gasteiger partial charge in [0, 0.05) is 26.2 Å². The predicted octanol–water partition coefficient (Wildman–Crippen LogP) is 3.48. The van der Waals surface area contributed by atoms with Crippen LogP contribution in [0.15, 0.2) is 18.2 Å². The molecule has 0 bridgehead atoms. The summed E-state index contributed by atoms with van der Waals surface area (Å²) in [5.74, 6) is 1.06. The van der Waals surface area contributed by atoms with E-state index in [0.717, 1.165) is 31.7 Å². The van der Waals surface area contributed by atoms with Crippen molar-refractivity contribution in [1.29, 1.82) is 0 Å². The second-order valence-electron chi connectivity index (χ2n) is 5.58. The lowest BCUT2D eigenvalue weighted by Gasteiger charge is -2.18. The van der Waals surface area contributed by atoms with Crippen LogP contribution in [-0.4, -0.2) is 26.4 Å². The first-order valence-electron chi connectivity index (χ1n) is 7.77. The second-order valence-corrected chi connectivity index (χ2v) is 5.58. The standard InChI is InChI=1S/C17H27NO2/c1-4-11-18-16-9-8-15-14(16)6-5-7-17(15)20-13(2)10-12-19-3/h5-7,13,16,18H,4,8-12H2,1-3H3. The SMILES string of the molecule is CCCNC1CCc2c(OC(C)CCOC)cccc21. The Balaban J connectivity index is 2.03. The highest BCUT2D eigenvalue weighted by Gasteiger charge is 2.25. The molecular weight excluding hydrogens is 250 g/mol. The zero-order valence-corrected chi connectivity index (χ0v) is 12.9. The van der Waals surface area contributed by atoms with E-state index in [0.29, 0.717) is 6.04 Å². The summed E-state index contributed by atoms with van der Waals surface area (Å²) < 4.78 is 11.2. The van der Waals surface area contributed by atoms with Crippen molar-refractivity contribution in [3.8, 4) is 5.75 Å². The number of methoxy groups -OCH3 is 1. The van der Waals surface area contributed by atoms with Gasteiger partial charge in [0.25, 0.3) is 0 Å². The normalized spacial score (nSPS) is 18.9. The molecule has 1 aromatic rings. The highest BCUT2D eigenvalue weighted by molar-refractivity contribution is 5.45. The van der Waals surface area contributed by atoms with Gasteiger partial charge >= 0.3 is 0 Å². The summed E-state index contributed by atoms with van der Waals surface area (Å²) >= 11 is 0. The van der Waals surface area contributed by atoms with Crippen LogP contribution in [0.25, 0.3) is 0 Å². The summed E-state index contributed by atoms with van der Waals surface area (Å²) in [6, 6.07) is 6.96. The Labute approximate surface area is 122 Å². The minimum absolute atomic E-state index is 0.198. The molecule has 0 fully saturated rings. The average Bonchev–Trinajstić information content (AvgIpc) is 2.87. The van der Waals surface area contributed by atoms with Gasteiger partial charge in [-0.2, -0.15) is 0 Å². The molecule has 3 nitrogen and oxygen atoms in total. The molecule has 2 unspecified atom stereocenters. The highest BCUT2D eigenvalue weighted by atomic mass is 16.5. The van der Waals surface area contributed by atoms with Gasteiger partial charge in [-0.15, -0.1) is 0 Å². The summed E-state index contributed by atoms with van der Waals surface area (Å²) in [4.78, 5) is 0. The van der Waals surface area contributed by atoms with Crippen molar-refractivity contribution >= 4 is 0 Å². The number of rotatable bonds is 8. The Morgan fingerprint density at radius 1 is 1.40 bits per heavy atom. The number of fused-ring (bicyclic) bond motifs is 1. The van der Waals surface area contributed by atoms with Crippen molar-refractivity contribution in [2.45, 2.75) is 51.7 Å². The Hall–Kier alpha value is -1.06. The minimum Gasteiger partial charge on any atom is -0.490 e. The summed E-state index contributed by atoms with van der Waals surface area (Å²) in [5.41, 5.74) is 2.82. The molecule has 2 atom stereocenters. The highest BCUT2D eigenvalue weighted by Crippen LogP contribution is 2.37. The Morgan fingerprint density at radius 3 is 3.00 bits per heavy atom. The molecular formula is C17H27NO2. The van der Waals surface area contributed by atoms with Gasteiger partial charge in [-0.1, -0.05) is 19.1 Å². The van der Waals surface area contributed by atoms with E-state index in [1.165, 1.54) is 24.0 Å². The lowest BCUT2D eigenvalue weighted by Crippen LogP contribution is -2.20. The molecule has 1 aliphatic carbocycles. The van der Waals surface area contributed by atoms with Gasteiger partial charge in [-0.05, 0) is 49.9 Å². The Morgan fingerprint density at radius 2 is 2.25 bits per heavy atom. The maximum atomic E-state index is 6.10. The summed E-state index contributed by atoms with van der Waals surface area (Å²) in [6.07, 6.45) is 4.60. The molecule has 0 saturated carbocycles. The maximum absolute atomic E-state index is 6.10. The van der Waals surface area contributed by atoms with Gasteiger partial charge < -0.3 is 14.8 Å². The smallest absolute Gasteiger partial charge is 0.123 e. The van der Waals surface area contributed by atoms with Crippen molar-refractivity contribution < 1.29 is 9.47 Å². The molecule has 2 rings (SSSR count). The summed E-state index contributed by atoms with van der Waals surface area (Å²) in [5, 5.41) is 3.63. The molecule has 0 amide bonds. The quantitative estimate of drug-likeness (QED) is 0.789. The third kappa shape index (κ3) is 3.74. The first kappa shape index (κ1) is 15.3. The van der Waals surface area contributed by atoms with Crippen LogP contribution in [0, 0.1) is 0 Å². The van der Waals surface area contributed by atoms with Gasteiger partial charge in [0.2, 0.25) is 0 Å². The summed E-state index contributed by atoms with van der Waals surface area (Å²) in [6.45, 7) is 6.15. The fourth-order valence-corrected chi connectivity index (χ4v) is 2.82. The maximum Gasteiger partial charge on any atom is 0.123 e. The molecule has 0 radical (unpaired) electrons. The van der Waals surface area contributed by atoms with Crippen molar-refractivity contribution in [3.63, 3.8) is 0 Å². The zero-order chi connectivity index (χ0) is 14.4. The van der Waals surface area contributed by atoms with Crippen LogP contribution in [0.4, 0.5) is 0 Å². The van der Waals surface area contributed by atoms with Crippen LogP contribution in [0.3, 0.4) is 0 Å². The van der Waals surface area contributed by atoms with Gasteiger partial charge in [0.1, 0.15) is 5.75 Å². The molecule has 0 aromatic heterocycles. The molecule has 0 spiro atoms. The fraction of sp³-hybridized carbons (Fsp3) is 0.647. The van der Waals surface area contributed by atoms with E-state index >= 15 is 0 Å². The molecule has 1 aliphatic rings. The van der Waals surface area contributed by atoms with Gasteiger partial charge in [-0.3, -0.25) is 0 Å². The van der Waals surface area contributed by atoms with Crippen LogP contribution in [0.5, 0.6) is 5.75 Å². The number of ether oxygens (including phenoxy) is 2. The lowest BCUT2D eigenvalue weighted by atomic mass is 10.1. The van der Waals surface area contributed by atoms with E-state index in [1.807, 2.05) is 0 Å². The third-order valence-electron chi connectivity index (χ3n) is 3.93. The molecule has 1 N–H and O–H groups in total. The minimum atomic E-state index is 0.198. The van der Waals surface area contributed by atoms with E-state index in [1.54, 1.807) is 7.11 Å². The topological polar surface area (TPSA) is 30.5 Å². The second kappa shape index (κ2) is 7.65. The molecule has 1 aromatic carbocycles. The predicted molar refractivity (Wildman–Crippen MR) is 82.4 cm³/mol. The average molecular weight is 277 g/mol. The van der Waals surface area contributed by atoms with E-state index < -0.39 is 0 Å². The first-order valence-corrected chi connectivity index (χ1v) is 7.77. The fourth-order valence-electron chi connectivity index (χ4n) is 2.82. The molecule has 0 heterocycles. The molecule has 20 heavy (non-hydrogen) atoms. The molecule has 3 heteroatoms. The van der Waals surface area contributed by atoms with Crippen molar-refractivity contribution in [3.05, 3.63) is 29.3 Å². The van der Waals surface area contributed by atoms with E-state index in [4.69, 9.17) is 9.47 Å². The van der Waals surface area contributed by atoms with Crippen molar-refractivity contribution in [2.24, 2.45) is 0 Å². The molecule has 0 saturated heterocycles. The van der Waals surface area contributed by atoms with Crippen LogP contribution < -0.4 is 10.1 Å². The largest absolute Gasteiger partial charge is 0.490 e. The summed E-state index contributed by atoms with van der Waals surface area (Å²) in [7, 11) is 1.73. The monoisotopic (exact) mass is 277 g/mol. The lowest BCUT2D eigenvalue weighted by molar-refractivity contribution is 0.134. The first-order chi connectivity index (χ1) is 9.76. The van der Waals surface area contributed by atoms with E-state index in [9.17, 15) is 0 Å². The van der Waals surface area contributed by atoms with Crippen LogP contribution in [0.2, 0.25) is 0 Å². The Bertz CT molecular complexity index is 419. The van der Waals surface area contributed by atoms with E-state index in [-0.39, 0.29) is 6.10 Å². The zero-order valence-electron chi connectivity index (χ0n) is 12.9. The van der Waals surface area contributed by atoms with Gasteiger partial charge in [-0.25, -0.2) is 0 Å². The Kier molecular flexibility index (Phi) is 5.86. The number of nitrogens with one attached hydrogen (secondary N) is 1. The van der Waals surface area contributed by atoms with Crippen LogP contribution in [-0.2, 0) is 11.2 Å². The number of hydrogen-bond acceptors (Lipinski definition) is 3. The third-order valence-corrected chi connectivity index (χ3v) is 3.93. The van der Waals surface area contributed by atoms with Crippen molar-refractivity contribution in [2.75, 3.05) is 20.3 Å². The van der Waals surface area contributed by atoms with Gasteiger partial charge in [0.05, 0.1) is 6.10 Å².